The first kappa shape index (κ1) is 13.6. The Kier molecular flexibility index (Phi) is 3.62. The van der Waals surface area contributed by atoms with Gasteiger partial charge in [-0.3, -0.25) is 0 Å². The molecule has 0 amide bonds. The molecule has 0 spiro atoms. The Labute approximate surface area is 124 Å². The normalized spacial score (nSPS) is 14.7. The van der Waals surface area contributed by atoms with Gasteiger partial charge in [-0.1, -0.05) is 24.3 Å². The van der Waals surface area contributed by atoms with Crippen LogP contribution < -0.4 is 15.4 Å². The summed E-state index contributed by atoms with van der Waals surface area (Å²) in [6, 6.07) is 10.4. The fraction of sp³-hybridized carbons (Fsp3) is 0.235. The minimum Gasteiger partial charge on any atom is -0.479 e. The van der Waals surface area contributed by atoms with E-state index in [1.807, 2.05) is 13.0 Å². The number of fused-ring (bicyclic) bond motifs is 1. The summed E-state index contributed by atoms with van der Waals surface area (Å²) in [7, 11) is 1.65. The first-order valence-electron chi connectivity index (χ1n) is 7.03. The van der Waals surface area contributed by atoms with Gasteiger partial charge in [-0.05, 0) is 30.7 Å². The van der Waals surface area contributed by atoms with Gasteiger partial charge in [-0.2, -0.15) is 0 Å². The van der Waals surface area contributed by atoms with Crippen LogP contribution in [0, 0.1) is 0 Å². The van der Waals surface area contributed by atoms with Crippen molar-refractivity contribution in [2.24, 2.45) is 5.73 Å². The second kappa shape index (κ2) is 5.58. The maximum Gasteiger partial charge on any atom is 0.238 e. The number of pyridine rings is 1. The van der Waals surface area contributed by atoms with E-state index < -0.39 is 0 Å². The molecule has 1 aromatic carbocycles. The third-order valence-corrected chi connectivity index (χ3v) is 3.70. The van der Waals surface area contributed by atoms with E-state index in [4.69, 9.17) is 10.5 Å². The molecule has 1 atom stereocenters. The van der Waals surface area contributed by atoms with Crippen LogP contribution in [-0.4, -0.2) is 18.6 Å². The van der Waals surface area contributed by atoms with Gasteiger partial charge in [-0.25, -0.2) is 4.98 Å². The molecule has 0 bridgehead atoms. The van der Waals surface area contributed by atoms with Gasteiger partial charge in [0, 0.05) is 30.0 Å². The Hall–Kier alpha value is -2.33. The quantitative estimate of drug-likeness (QED) is 0.938. The Morgan fingerprint density at radius 1 is 1.24 bits per heavy atom. The second-order valence-electron chi connectivity index (χ2n) is 5.15. The van der Waals surface area contributed by atoms with Crippen molar-refractivity contribution in [1.29, 1.82) is 0 Å². The lowest BCUT2D eigenvalue weighted by Gasteiger charge is -2.29. The van der Waals surface area contributed by atoms with Crippen molar-refractivity contribution in [2.75, 3.05) is 18.6 Å². The highest BCUT2D eigenvalue weighted by Crippen LogP contribution is 2.38. The molecule has 2 N–H and O–H groups in total. The number of benzene rings is 1. The highest BCUT2D eigenvalue weighted by Gasteiger charge is 2.20. The van der Waals surface area contributed by atoms with E-state index in [0.29, 0.717) is 5.88 Å². The maximum absolute atomic E-state index is 5.91. The first-order chi connectivity index (χ1) is 10.2. The molecule has 108 valence electrons. The van der Waals surface area contributed by atoms with Gasteiger partial charge in [0.05, 0.1) is 7.11 Å². The topological polar surface area (TPSA) is 51.4 Å². The number of nitrogens with zero attached hydrogens (tertiary/aromatic N) is 2. The van der Waals surface area contributed by atoms with Crippen LogP contribution in [0.3, 0.4) is 0 Å². The molecule has 1 unspecified atom stereocenters. The summed E-state index contributed by atoms with van der Waals surface area (Å²) >= 11 is 0. The summed E-state index contributed by atoms with van der Waals surface area (Å²) in [6.07, 6.45) is 6.01. The molecular formula is C17H19N3O. The van der Waals surface area contributed by atoms with Gasteiger partial charge in [0.1, 0.15) is 5.69 Å². The number of hydrogen-bond acceptors (Lipinski definition) is 4. The van der Waals surface area contributed by atoms with Crippen LogP contribution >= 0.6 is 0 Å². The maximum atomic E-state index is 5.91. The van der Waals surface area contributed by atoms with Gasteiger partial charge in [-0.15, -0.1) is 0 Å². The molecule has 0 aliphatic carbocycles. The van der Waals surface area contributed by atoms with Gasteiger partial charge in [0.25, 0.3) is 0 Å². The molecule has 0 saturated heterocycles. The van der Waals surface area contributed by atoms with Crippen molar-refractivity contribution in [1.82, 2.24) is 4.98 Å². The highest BCUT2D eigenvalue weighted by molar-refractivity contribution is 5.80. The van der Waals surface area contributed by atoms with Crippen LogP contribution in [0.5, 0.6) is 5.88 Å². The van der Waals surface area contributed by atoms with Crippen molar-refractivity contribution < 1.29 is 4.74 Å². The lowest BCUT2D eigenvalue weighted by molar-refractivity contribution is 0.398. The number of aromatic nitrogens is 1. The smallest absolute Gasteiger partial charge is 0.238 e. The molecule has 3 rings (SSSR count). The fourth-order valence-electron chi connectivity index (χ4n) is 2.57. The zero-order valence-corrected chi connectivity index (χ0v) is 12.3. The zero-order chi connectivity index (χ0) is 14.8. The molecule has 2 heterocycles. The summed E-state index contributed by atoms with van der Waals surface area (Å²) in [4.78, 5) is 6.51. The largest absolute Gasteiger partial charge is 0.479 e. The van der Waals surface area contributed by atoms with E-state index in [1.165, 1.54) is 0 Å². The average molecular weight is 281 g/mol. The van der Waals surface area contributed by atoms with Crippen LogP contribution in [0.25, 0.3) is 6.08 Å². The molecule has 1 aromatic heterocycles. The van der Waals surface area contributed by atoms with E-state index >= 15 is 0 Å². The van der Waals surface area contributed by atoms with Gasteiger partial charge in [0.2, 0.25) is 5.88 Å². The molecule has 0 radical (unpaired) electrons. The van der Waals surface area contributed by atoms with E-state index in [9.17, 15) is 0 Å². The fourth-order valence-corrected chi connectivity index (χ4v) is 2.57. The molecule has 0 fully saturated rings. The monoisotopic (exact) mass is 281 g/mol. The number of nitrogens with two attached hydrogens (primary N) is 1. The molecule has 0 saturated carbocycles. The van der Waals surface area contributed by atoms with Gasteiger partial charge < -0.3 is 15.4 Å². The van der Waals surface area contributed by atoms with Crippen molar-refractivity contribution in [3.8, 4) is 5.88 Å². The number of hydrogen-bond donors (Lipinski definition) is 1. The third kappa shape index (κ3) is 2.50. The van der Waals surface area contributed by atoms with Crippen molar-refractivity contribution in [3.05, 3.63) is 53.7 Å². The minimum atomic E-state index is 0.0452. The van der Waals surface area contributed by atoms with E-state index in [-0.39, 0.29) is 6.04 Å². The highest BCUT2D eigenvalue weighted by atomic mass is 16.5. The molecular weight excluding hydrogens is 262 g/mol. The van der Waals surface area contributed by atoms with Crippen molar-refractivity contribution in [2.45, 2.75) is 13.0 Å². The van der Waals surface area contributed by atoms with Crippen LogP contribution in [0.2, 0.25) is 0 Å². The van der Waals surface area contributed by atoms with Crippen LogP contribution in [-0.2, 0) is 0 Å². The zero-order valence-electron chi connectivity index (χ0n) is 12.3. The summed E-state index contributed by atoms with van der Waals surface area (Å²) in [5.74, 6) is 0.646. The summed E-state index contributed by atoms with van der Waals surface area (Å²) in [5.41, 5.74) is 10.3. The summed E-state index contributed by atoms with van der Waals surface area (Å²) < 4.78 is 5.42. The Morgan fingerprint density at radius 3 is 2.67 bits per heavy atom. The van der Waals surface area contributed by atoms with E-state index in [0.717, 1.165) is 29.0 Å². The Morgan fingerprint density at radius 2 is 2.00 bits per heavy atom. The lowest BCUT2D eigenvalue weighted by atomic mass is 10.1. The molecule has 4 nitrogen and oxygen atoms in total. The molecule has 1 aliphatic rings. The predicted octanol–water partition coefficient (Wildman–Crippen LogP) is 3.27. The standard InChI is InChI=1S/C17H19N3O/c1-12(18)13-5-7-15(8-6-13)20-11-3-4-14-9-10-19-17(21-2)16(14)20/h3-10,12H,11,18H2,1-2H3. The van der Waals surface area contributed by atoms with Gasteiger partial charge >= 0.3 is 0 Å². The van der Waals surface area contributed by atoms with E-state index in [2.05, 4.69) is 46.3 Å². The first-order valence-corrected chi connectivity index (χ1v) is 7.03. The molecule has 21 heavy (non-hydrogen) atoms. The summed E-state index contributed by atoms with van der Waals surface area (Å²) in [6.45, 7) is 2.79. The Balaban J connectivity index is 2.03. The second-order valence-corrected chi connectivity index (χ2v) is 5.15. The minimum absolute atomic E-state index is 0.0452. The van der Waals surface area contributed by atoms with Gasteiger partial charge in [0.15, 0.2) is 0 Å². The molecule has 1 aliphatic heterocycles. The predicted molar refractivity (Wildman–Crippen MR) is 85.9 cm³/mol. The third-order valence-electron chi connectivity index (χ3n) is 3.70. The van der Waals surface area contributed by atoms with Crippen molar-refractivity contribution in [3.63, 3.8) is 0 Å². The van der Waals surface area contributed by atoms with Crippen LogP contribution in [0.1, 0.15) is 24.1 Å². The summed E-state index contributed by atoms with van der Waals surface area (Å²) in [5, 5.41) is 0. The lowest BCUT2D eigenvalue weighted by Crippen LogP contribution is -2.21. The van der Waals surface area contributed by atoms with Crippen LogP contribution in [0.4, 0.5) is 11.4 Å². The number of methoxy groups -OCH3 is 1. The Bertz CT molecular complexity index is 662. The number of anilines is 2. The number of rotatable bonds is 3. The molecule has 4 heteroatoms. The average Bonchev–Trinajstić information content (AvgIpc) is 2.53. The SMILES string of the molecule is COc1nccc2c1N(c1ccc(C(C)N)cc1)CC=C2. The van der Waals surface area contributed by atoms with Crippen LogP contribution in [0.15, 0.2) is 42.6 Å². The van der Waals surface area contributed by atoms with Crippen molar-refractivity contribution >= 4 is 17.5 Å². The van der Waals surface area contributed by atoms with E-state index in [1.54, 1.807) is 13.3 Å². The molecule has 2 aromatic rings. The number of ether oxygens (including phenoxy) is 1.